The lowest BCUT2D eigenvalue weighted by Gasteiger charge is -2.11. The van der Waals surface area contributed by atoms with E-state index in [1.165, 1.54) is 13.3 Å². The quantitative estimate of drug-likeness (QED) is 0.317. The van der Waals surface area contributed by atoms with E-state index in [2.05, 4.69) is 21.2 Å². The molecule has 1 saturated carbocycles. The van der Waals surface area contributed by atoms with Gasteiger partial charge in [0.2, 0.25) is 0 Å². The Balaban J connectivity index is 1.47. The highest BCUT2D eigenvalue weighted by Crippen LogP contribution is 2.27. The minimum atomic E-state index is -0.823. The van der Waals surface area contributed by atoms with Crippen LogP contribution in [0.2, 0.25) is 0 Å². The summed E-state index contributed by atoms with van der Waals surface area (Å²) >= 11 is 0. The molecular weight excluding hydrogens is 400 g/mol. The highest BCUT2D eigenvalue weighted by molar-refractivity contribution is 6.35. The summed E-state index contributed by atoms with van der Waals surface area (Å²) < 4.78 is 10.8. The third-order valence-corrected chi connectivity index (χ3v) is 4.38. The molecule has 3 rings (SSSR count). The second-order valence-electron chi connectivity index (χ2n) is 6.91. The van der Waals surface area contributed by atoms with Gasteiger partial charge < -0.3 is 20.1 Å². The highest BCUT2D eigenvalue weighted by Gasteiger charge is 2.26. The molecule has 0 spiro atoms. The number of nitrogens with one attached hydrogen (secondary N) is 3. The van der Waals surface area contributed by atoms with Gasteiger partial charge in [-0.05, 0) is 42.2 Å². The van der Waals surface area contributed by atoms with E-state index in [1.807, 2.05) is 30.3 Å². The normalized spacial score (nSPS) is 12.8. The van der Waals surface area contributed by atoms with Crippen LogP contribution in [0.25, 0.3) is 0 Å². The van der Waals surface area contributed by atoms with Gasteiger partial charge in [0, 0.05) is 12.6 Å². The molecule has 9 heteroatoms. The van der Waals surface area contributed by atoms with Crippen LogP contribution in [-0.2, 0) is 20.9 Å². The molecular formula is C22H24N4O5. The standard InChI is InChI=1S/C22H24N4O5/c1-30-19-11-16(13-24-26-22(29)21(28)25-17-8-9-17)7-10-18(19)31-14-20(27)23-12-15-5-3-2-4-6-15/h2-7,10-11,13,17H,8-9,12,14H2,1H3,(H,23,27)(H,25,28)(H,26,29)/b24-13-. The largest absolute Gasteiger partial charge is 0.493 e. The molecule has 1 aliphatic carbocycles. The summed E-state index contributed by atoms with van der Waals surface area (Å²) in [4.78, 5) is 35.2. The molecule has 0 aliphatic heterocycles. The van der Waals surface area contributed by atoms with Gasteiger partial charge in [-0.25, -0.2) is 5.43 Å². The minimum absolute atomic E-state index is 0.0967. The summed E-state index contributed by atoms with van der Waals surface area (Å²) in [7, 11) is 1.47. The van der Waals surface area contributed by atoms with Crippen LogP contribution < -0.4 is 25.5 Å². The number of carbonyl (C=O) groups is 3. The summed E-state index contributed by atoms with van der Waals surface area (Å²) in [5.41, 5.74) is 3.78. The van der Waals surface area contributed by atoms with Gasteiger partial charge in [-0.2, -0.15) is 5.10 Å². The SMILES string of the molecule is COc1cc(/C=N\NC(=O)C(=O)NC2CC2)ccc1OCC(=O)NCc1ccccc1. The van der Waals surface area contributed by atoms with Gasteiger partial charge in [-0.15, -0.1) is 0 Å². The van der Waals surface area contributed by atoms with Crippen molar-refractivity contribution in [1.82, 2.24) is 16.1 Å². The van der Waals surface area contributed by atoms with Crippen molar-refractivity contribution in [3.05, 3.63) is 59.7 Å². The van der Waals surface area contributed by atoms with E-state index in [9.17, 15) is 14.4 Å². The lowest BCUT2D eigenvalue weighted by Crippen LogP contribution is -2.38. The van der Waals surface area contributed by atoms with Gasteiger partial charge in [0.15, 0.2) is 18.1 Å². The molecule has 1 aliphatic rings. The number of rotatable bonds is 9. The van der Waals surface area contributed by atoms with Crippen LogP contribution in [-0.4, -0.2) is 43.7 Å². The molecule has 2 aromatic rings. The van der Waals surface area contributed by atoms with Gasteiger partial charge in [0.25, 0.3) is 5.91 Å². The molecule has 1 fully saturated rings. The number of benzene rings is 2. The molecule has 0 aromatic heterocycles. The summed E-state index contributed by atoms with van der Waals surface area (Å²) in [6.07, 6.45) is 3.16. The van der Waals surface area contributed by atoms with Gasteiger partial charge in [0.1, 0.15) is 0 Å². The Bertz CT molecular complexity index is 958. The first kappa shape index (κ1) is 21.8. The number of hydrogen-bond donors (Lipinski definition) is 3. The van der Waals surface area contributed by atoms with Crippen molar-refractivity contribution in [1.29, 1.82) is 0 Å². The van der Waals surface area contributed by atoms with Gasteiger partial charge >= 0.3 is 11.8 Å². The maximum Gasteiger partial charge on any atom is 0.329 e. The average Bonchev–Trinajstić information content (AvgIpc) is 3.61. The monoisotopic (exact) mass is 424 g/mol. The Morgan fingerprint density at radius 2 is 1.84 bits per heavy atom. The molecule has 9 nitrogen and oxygen atoms in total. The van der Waals surface area contributed by atoms with Gasteiger partial charge in [0.05, 0.1) is 13.3 Å². The maximum atomic E-state index is 12.0. The number of hydrogen-bond acceptors (Lipinski definition) is 6. The summed E-state index contributed by atoms with van der Waals surface area (Å²) in [6.45, 7) is 0.253. The van der Waals surface area contributed by atoms with Crippen molar-refractivity contribution in [3.8, 4) is 11.5 Å². The second-order valence-corrected chi connectivity index (χ2v) is 6.91. The van der Waals surface area contributed by atoms with Crippen molar-refractivity contribution in [3.63, 3.8) is 0 Å². The number of amides is 3. The maximum absolute atomic E-state index is 12.0. The van der Waals surface area contributed by atoms with E-state index in [1.54, 1.807) is 18.2 Å². The number of ether oxygens (including phenoxy) is 2. The average molecular weight is 424 g/mol. The second kappa shape index (κ2) is 10.8. The molecule has 0 radical (unpaired) electrons. The Labute approximate surface area is 179 Å². The number of carbonyl (C=O) groups excluding carboxylic acids is 3. The van der Waals surface area contributed by atoms with Crippen LogP contribution >= 0.6 is 0 Å². The van der Waals surface area contributed by atoms with Crippen molar-refractivity contribution in [2.45, 2.75) is 25.4 Å². The van der Waals surface area contributed by atoms with Crippen molar-refractivity contribution < 1.29 is 23.9 Å². The molecule has 3 amide bonds. The molecule has 0 bridgehead atoms. The highest BCUT2D eigenvalue weighted by atomic mass is 16.5. The first-order chi connectivity index (χ1) is 15.0. The Kier molecular flexibility index (Phi) is 7.58. The predicted molar refractivity (Wildman–Crippen MR) is 114 cm³/mol. The van der Waals surface area contributed by atoms with Crippen molar-refractivity contribution in [2.75, 3.05) is 13.7 Å². The zero-order valence-corrected chi connectivity index (χ0v) is 17.1. The molecule has 3 N–H and O–H groups in total. The predicted octanol–water partition coefficient (Wildman–Crippen LogP) is 1.12. The summed E-state index contributed by atoms with van der Waals surface area (Å²) in [5.74, 6) is -0.994. The van der Waals surface area contributed by atoms with Crippen LogP contribution in [0.1, 0.15) is 24.0 Å². The van der Waals surface area contributed by atoms with E-state index < -0.39 is 11.8 Å². The van der Waals surface area contributed by atoms with Crippen molar-refractivity contribution in [2.24, 2.45) is 5.10 Å². The molecule has 162 valence electrons. The molecule has 0 unspecified atom stereocenters. The van der Waals surface area contributed by atoms with E-state index in [0.717, 1.165) is 18.4 Å². The molecule has 0 heterocycles. The van der Waals surface area contributed by atoms with E-state index in [-0.39, 0.29) is 18.6 Å². The van der Waals surface area contributed by atoms with Gasteiger partial charge in [-0.3, -0.25) is 14.4 Å². The zero-order valence-electron chi connectivity index (χ0n) is 17.1. The van der Waals surface area contributed by atoms with E-state index in [0.29, 0.717) is 23.6 Å². The van der Waals surface area contributed by atoms with Crippen LogP contribution in [0.5, 0.6) is 11.5 Å². The van der Waals surface area contributed by atoms with Crippen LogP contribution in [0.3, 0.4) is 0 Å². The third kappa shape index (κ3) is 7.14. The minimum Gasteiger partial charge on any atom is -0.493 e. The van der Waals surface area contributed by atoms with E-state index >= 15 is 0 Å². The smallest absolute Gasteiger partial charge is 0.329 e. The van der Waals surface area contributed by atoms with Crippen LogP contribution in [0, 0.1) is 0 Å². The fraction of sp³-hybridized carbons (Fsp3) is 0.273. The lowest BCUT2D eigenvalue weighted by atomic mass is 10.2. The number of hydrazone groups is 1. The number of nitrogens with zero attached hydrogens (tertiary/aromatic N) is 1. The van der Waals surface area contributed by atoms with Crippen LogP contribution in [0.15, 0.2) is 53.6 Å². The van der Waals surface area contributed by atoms with Gasteiger partial charge in [-0.1, -0.05) is 30.3 Å². The third-order valence-electron chi connectivity index (χ3n) is 4.38. The van der Waals surface area contributed by atoms with Crippen molar-refractivity contribution >= 4 is 23.9 Å². The molecule has 0 saturated heterocycles. The fourth-order valence-electron chi connectivity index (χ4n) is 2.57. The first-order valence-electron chi connectivity index (χ1n) is 9.80. The topological polar surface area (TPSA) is 118 Å². The molecule has 31 heavy (non-hydrogen) atoms. The summed E-state index contributed by atoms with van der Waals surface area (Å²) in [5, 5.41) is 9.13. The Hall–Kier alpha value is -3.88. The Morgan fingerprint density at radius 3 is 2.55 bits per heavy atom. The lowest BCUT2D eigenvalue weighted by molar-refractivity contribution is -0.139. The first-order valence-corrected chi connectivity index (χ1v) is 9.80. The molecule has 0 atom stereocenters. The Morgan fingerprint density at radius 1 is 1.06 bits per heavy atom. The molecule has 2 aromatic carbocycles. The zero-order chi connectivity index (χ0) is 22.1. The fourth-order valence-corrected chi connectivity index (χ4v) is 2.57. The number of methoxy groups -OCH3 is 1. The van der Waals surface area contributed by atoms with Crippen LogP contribution in [0.4, 0.5) is 0 Å². The summed E-state index contributed by atoms with van der Waals surface area (Å²) in [6, 6.07) is 14.6. The van der Waals surface area contributed by atoms with E-state index in [4.69, 9.17) is 9.47 Å².